The second-order valence-corrected chi connectivity index (χ2v) is 5.65. The van der Waals surface area contributed by atoms with Crippen molar-refractivity contribution in [1.82, 2.24) is 4.90 Å². The zero-order valence-electron chi connectivity index (χ0n) is 12.0. The zero-order valence-corrected chi connectivity index (χ0v) is 12.8. The van der Waals surface area contributed by atoms with Gasteiger partial charge >= 0.3 is 5.97 Å². The smallest absolute Gasteiger partial charge is 0.328 e. The van der Waals surface area contributed by atoms with Gasteiger partial charge in [-0.3, -0.25) is 14.5 Å². The monoisotopic (exact) mass is 305 g/mol. The van der Waals surface area contributed by atoms with E-state index in [0.29, 0.717) is 4.91 Å². The Bertz CT molecular complexity index is 621. The van der Waals surface area contributed by atoms with Crippen LogP contribution in [0, 0.1) is 6.92 Å². The van der Waals surface area contributed by atoms with Crippen LogP contribution < -0.4 is 0 Å². The molecule has 1 heterocycles. The summed E-state index contributed by atoms with van der Waals surface area (Å²) in [7, 11) is 1.22. The van der Waals surface area contributed by atoms with Crippen LogP contribution in [0.2, 0.25) is 0 Å². The maximum atomic E-state index is 12.3. The fourth-order valence-corrected chi connectivity index (χ4v) is 2.81. The quantitative estimate of drug-likeness (QED) is 0.634. The minimum Gasteiger partial charge on any atom is -0.467 e. The van der Waals surface area contributed by atoms with Crippen LogP contribution >= 0.6 is 11.8 Å². The van der Waals surface area contributed by atoms with E-state index in [1.165, 1.54) is 14.0 Å². The number of carbonyl (C=O) groups is 3. The number of hydrogen-bond donors (Lipinski definition) is 0. The predicted molar refractivity (Wildman–Crippen MR) is 80.5 cm³/mol. The van der Waals surface area contributed by atoms with E-state index < -0.39 is 23.2 Å². The second kappa shape index (κ2) is 6.13. The summed E-state index contributed by atoms with van der Waals surface area (Å²) in [6, 6.07) is 6.66. The molecule has 1 aromatic rings. The second-order valence-electron chi connectivity index (χ2n) is 4.66. The lowest BCUT2D eigenvalue weighted by molar-refractivity contribution is -0.148. The molecule has 21 heavy (non-hydrogen) atoms. The molecule has 1 aromatic carbocycles. The minimum absolute atomic E-state index is 0.305. The number of imide groups is 1. The fourth-order valence-electron chi connectivity index (χ4n) is 1.90. The number of amides is 2. The van der Waals surface area contributed by atoms with Crippen LogP contribution in [0.4, 0.5) is 4.79 Å². The number of esters is 1. The van der Waals surface area contributed by atoms with Crippen molar-refractivity contribution in [2.75, 3.05) is 7.11 Å². The van der Waals surface area contributed by atoms with Gasteiger partial charge in [-0.05, 0) is 37.2 Å². The highest BCUT2D eigenvalue weighted by molar-refractivity contribution is 8.18. The van der Waals surface area contributed by atoms with E-state index in [0.717, 1.165) is 27.8 Å². The highest BCUT2D eigenvalue weighted by atomic mass is 32.2. The molecule has 1 saturated heterocycles. The standard InChI is InChI=1S/C15H15NO4S/c1-9-4-6-11(7-5-9)8-12-13(17)16(15(19)21-12)10(2)14(18)20-3/h4-8,10H,1-3H3/b12-8-/t10-/m0/s1. The van der Waals surface area contributed by atoms with E-state index >= 15 is 0 Å². The van der Waals surface area contributed by atoms with Crippen molar-refractivity contribution in [3.8, 4) is 0 Å². The molecule has 0 aliphatic carbocycles. The first-order valence-corrected chi connectivity index (χ1v) is 7.17. The van der Waals surface area contributed by atoms with Crippen LogP contribution in [0.25, 0.3) is 6.08 Å². The first-order chi connectivity index (χ1) is 9.93. The molecule has 2 rings (SSSR count). The zero-order chi connectivity index (χ0) is 15.6. The molecule has 110 valence electrons. The lowest BCUT2D eigenvalue weighted by atomic mass is 10.1. The molecule has 0 N–H and O–H groups in total. The third-order valence-corrected chi connectivity index (χ3v) is 4.01. The lowest BCUT2D eigenvalue weighted by Gasteiger charge is -2.18. The summed E-state index contributed by atoms with van der Waals surface area (Å²) in [5, 5.41) is -0.462. The molecule has 0 unspecified atom stereocenters. The number of aryl methyl sites for hydroxylation is 1. The average molecular weight is 305 g/mol. The Balaban J connectivity index is 2.25. The average Bonchev–Trinajstić information content (AvgIpc) is 2.74. The largest absolute Gasteiger partial charge is 0.467 e. The highest BCUT2D eigenvalue weighted by Crippen LogP contribution is 2.33. The molecular weight excluding hydrogens is 290 g/mol. The third kappa shape index (κ3) is 3.16. The van der Waals surface area contributed by atoms with Gasteiger partial charge in [0, 0.05) is 0 Å². The molecule has 1 atom stereocenters. The molecule has 5 nitrogen and oxygen atoms in total. The van der Waals surface area contributed by atoms with Crippen LogP contribution in [-0.4, -0.2) is 35.2 Å². The molecule has 1 aliphatic rings. The lowest BCUT2D eigenvalue weighted by Crippen LogP contribution is -2.42. The van der Waals surface area contributed by atoms with Crippen LogP contribution in [0.3, 0.4) is 0 Å². The van der Waals surface area contributed by atoms with Gasteiger partial charge in [0.25, 0.3) is 11.1 Å². The predicted octanol–water partition coefficient (Wildman–Crippen LogP) is 2.59. The maximum Gasteiger partial charge on any atom is 0.328 e. The van der Waals surface area contributed by atoms with E-state index in [4.69, 9.17) is 0 Å². The number of hydrogen-bond acceptors (Lipinski definition) is 5. The van der Waals surface area contributed by atoms with Gasteiger partial charge in [0.15, 0.2) is 0 Å². The Morgan fingerprint density at radius 2 is 1.90 bits per heavy atom. The highest BCUT2D eigenvalue weighted by Gasteiger charge is 2.41. The number of thioether (sulfide) groups is 1. The summed E-state index contributed by atoms with van der Waals surface area (Å²) in [4.78, 5) is 36.9. The van der Waals surface area contributed by atoms with Crippen molar-refractivity contribution >= 4 is 35.0 Å². The SMILES string of the molecule is COC(=O)[C@H](C)N1C(=O)S/C(=C\c2ccc(C)cc2)C1=O. The Hall–Kier alpha value is -2.08. The van der Waals surface area contributed by atoms with Gasteiger partial charge in [-0.25, -0.2) is 4.79 Å². The molecule has 0 bridgehead atoms. The molecular formula is C15H15NO4S. The van der Waals surface area contributed by atoms with Crippen molar-refractivity contribution in [2.45, 2.75) is 19.9 Å². The third-order valence-electron chi connectivity index (χ3n) is 3.13. The molecule has 6 heteroatoms. The van der Waals surface area contributed by atoms with Gasteiger partial charge in [-0.15, -0.1) is 0 Å². The Morgan fingerprint density at radius 3 is 2.48 bits per heavy atom. The molecule has 0 aromatic heterocycles. The Kier molecular flexibility index (Phi) is 4.47. The summed E-state index contributed by atoms with van der Waals surface area (Å²) >= 11 is 0.828. The number of nitrogens with zero attached hydrogens (tertiary/aromatic N) is 1. The first-order valence-electron chi connectivity index (χ1n) is 6.35. The van der Waals surface area contributed by atoms with Crippen molar-refractivity contribution in [1.29, 1.82) is 0 Å². The van der Waals surface area contributed by atoms with Crippen LogP contribution in [-0.2, 0) is 14.3 Å². The van der Waals surface area contributed by atoms with E-state index in [2.05, 4.69) is 4.74 Å². The van der Waals surface area contributed by atoms with E-state index in [-0.39, 0.29) is 0 Å². The van der Waals surface area contributed by atoms with Gasteiger partial charge in [-0.1, -0.05) is 29.8 Å². The van der Waals surface area contributed by atoms with Crippen LogP contribution in [0.1, 0.15) is 18.1 Å². The van der Waals surface area contributed by atoms with Crippen molar-refractivity contribution in [3.05, 3.63) is 40.3 Å². The normalized spacial score (nSPS) is 18.2. The fraction of sp³-hybridized carbons (Fsp3) is 0.267. The molecule has 0 saturated carbocycles. The number of benzene rings is 1. The number of ether oxygens (including phenoxy) is 1. The molecule has 1 fully saturated rings. The minimum atomic E-state index is -0.925. The summed E-state index contributed by atoms with van der Waals surface area (Å²) in [5.41, 5.74) is 1.94. The van der Waals surface area contributed by atoms with Crippen molar-refractivity contribution < 1.29 is 19.1 Å². The van der Waals surface area contributed by atoms with Gasteiger partial charge in [0.1, 0.15) is 6.04 Å². The first kappa shape index (κ1) is 15.3. The number of methoxy groups -OCH3 is 1. The van der Waals surface area contributed by atoms with E-state index in [1.807, 2.05) is 31.2 Å². The Morgan fingerprint density at radius 1 is 1.29 bits per heavy atom. The van der Waals surface area contributed by atoms with Crippen molar-refractivity contribution in [3.63, 3.8) is 0 Å². The summed E-state index contributed by atoms with van der Waals surface area (Å²) < 4.78 is 4.57. The van der Waals surface area contributed by atoms with Crippen LogP contribution in [0.15, 0.2) is 29.2 Å². The summed E-state index contributed by atoms with van der Waals surface area (Å²) in [6.45, 7) is 3.44. The van der Waals surface area contributed by atoms with Crippen molar-refractivity contribution in [2.24, 2.45) is 0 Å². The van der Waals surface area contributed by atoms with Gasteiger partial charge in [0.2, 0.25) is 0 Å². The topological polar surface area (TPSA) is 63.7 Å². The van der Waals surface area contributed by atoms with Gasteiger partial charge in [0.05, 0.1) is 12.0 Å². The molecule has 2 amide bonds. The Labute approximate surface area is 127 Å². The van der Waals surface area contributed by atoms with Crippen LogP contribution in [0.5, 0.6) is 0 Å². The summed E-state index contributed by atoms with van der Waals surface area (Å²) in [5.74, 6) is -1.09. The van der Waals surface area contributed by atoms with E-state index in [9.17, 15) is 14.4 Å². The van der Waals surface area contributed by atoms with E-state index in [1.54, 1.807) is 6.08 Å². The van der Waals surface area contributed by atoms with Gasteiger partial charge in [-0.2, -0.15) is 0 Å². The van der Waals surface area contributed by atoms with Gasteiger partial charge < -0.3 is 4.74 Å². The number of carbonyl (C=O) groups excluding carboxylic acids is 3. The molecule has 1 aliphatic heterocycles. The summed E-state index contributed by atoms with van der Waals surface area (Å²) in [6.07, 6.45) is 1.65. The molecule has 0 radical (unpaired) electrons. The maximum absolute atomic E-state index is 12.3. The number of rotatable bonds is 3. The molecule has 0 spiro atoms.